The zero-order valence-electron chi connectivity index (χ0n) is 15.0. The highest BCUT2D eigenvalue weighted by molar-refractivity contribution is 5.86. The van der Waals surface area contributed by atoms with Crippen LogP contribution in [0.3, 0.4) is 0 Å². The molecule has 0 bridgehead atoms. The fourth-order valence-electron chi connectivity index (χ4n) is 3.08. The van der Waals surface area contributed by atoms with Gasteiger partial charge in [0.05, 0.1) is 29.5 Å². The lowest BCUT2D eigenvalue weighted by Crippen LogP contribution is -2.11. The summed E-state index contributed by atoms with van der Waals surface area (Å²) in [6.07, 6.45) is 1.89. The van der Waals surface area contributed by atoms with Gasteiger partial charge in [0.1, 0.15) is 0 Å². The topological polar surface area (TPSA) is 62.5 Å². The molecule has 0 atom stereocenters. The first kappa shape index (κ1) is 16.5. The summed E-state index contributed by atoms with van der Waals surface area (Å²) in [4.78, 5) is 9.44. The standard InChI is InChI=1S/C21H22N4O/c1-14(2)11-22-20-21-23-12-19(16-9-7-15(13-26)8-10-16)25(21)18-6-4-3-5-17(18)24-20/h3-10,12,14,26H,11,13H2,1-2H3,(H,22,24). The van der Waals surface area contributed by atoms with E-state index >= 15 is 0 Å². The predicted molar refractivity (Wildman–Crippen MR) is 105 cm³/mol. The molecule has 132 valence electrons. The van der Waals surface area contributed by atoms with Crippen LogP contribution < -0.4 is 5.32 Å². The summed E-state index contributed by atoms with van der Waals surface area (Å²) in [6.45, 7) is 5.23. The van der Waals surface area contributed by atoms with Crippen molar-refractivity contribution in [2.75, 3.05) is 11.9 Å². The maximum absolute atomic E-state index is 9.28. The fourth-order valence-corrected chi connectivity index (χ4v) is 3.08. The smallest absolute Gasteiger partial charge is 0.181 e. The Morgan fingerprint density at radius 2 is 1.85 bits per heavy atom. The van der Waals surface area contributed by atoms with Crippen LogP contribution in [0.2, 0.25) is 0 Å². The molecule has 0 spiro atoms. The van der Waals surface area contributed by atoms with Crippen molar-refractivity contribution >= 4 is 22.5 Å². The number of fused-ring (bicyclic) bond motifs is 3. The summed E-state index contributed by atoms with van der Waals surface area (Å²) >= 11 is 0. The number of nitrogens with one attached hydrogen (secondary N) is 1. The zero-order valence-corrected chi connectivity index (χ0v) is 15.0. The molecule has 4 rings (SSSR count). The lowest BCUT2D eigenvalue weighted by Gasteiger charge is -2.12. The van der Waals surface area contributed by atoms with Gasteiger partial charge in [0, 0.05) is 12.1 Å². The van der Waals surface area contributed by atoms with Gasteiger partial charge in [-0.2, -0.15) is 0 Å². The van der Waals surface area contributed by atoms with Crippen LogP contribution in [0.25, 0.3) is 27.9 Å². The maximum Gasteiger partial charge on any atom is 0.181 e. The minimum atomic E-state index is 0.0452. The lowest BCUT2D eigenvalue weighted by atomic mass is 10.1. The quantitative estimate of drug-likeness (QED) is 0.571. The van der Waals surface area contributed by atoms with Gasteiger partial charge in [-0.25, -0.2) is 9.97 Å². The molecule has 2 aromatic heterocycles. The Morgan fingerprint density at radius 1 is 1.08 bits per heavy atom. The number of aliphatic hydroxyl groups is 1. The maximum atomic E-state index is 9.28. The monoisotopic (exact) mass is 346 g/mol. The van der Waals surface area contributed by atoms with Crippen molar-refractivity contribution in [3.8, 4) is 11.3 Å². The van der Waals surface area contributed by atoms with E-state index in [1.807, 2.05) is 48.7 Å². The number of rotatable bonds is 5. The molecule has 2 heterocycles. The second-order valence-corrected chi connectivity index (χ2v) is 6.88. The van der Waals surface area contributed by atoms with E-state index in [9.17, 15) is 5.11 Å². The van der Waals surface area contributed by atoms with Crippen molar-refractivity contribution in [1.82, 2.24) is 14.4 Å². The molecule has 0 aliphatic heterocycles. The Labute approximate surface area is 152 Å². The van der Waals surface area contributed by atoms with Crippen LogP contribution in [-0.4, -0.2) is 26.0 Å². The minimum Gasteiger partial charge on any atom is -0.392 e. The molecule has 5 nitrogen and oxygen atoms in total. The molecule has 0 radical (unpaired) electrons. The van der Waals surface area contributed by atoms with Gasteiger partial charge in [0.25, 0.3) is 0 Å². The Hall–Kier alpha value is -2.92. The van der Waals surface area contributed by atoms with Gasteiger partial charge < -0.3 is 10.4 Å². The van der Waals surface area contributed by atoms with Gasteiger partial charge in [-0.05, 0) is 23.6 Å². The van der Waals surface area contributed by atoms with Gasteiger partial charge in [-0.3, -0.25) is 4.40 Å². The zero-order chi connectivity index (χ0) is 18.1. The largest absolute Gasteiger partial charge is 0.392 e. The minimum absolute atomic E-state index is 0.0452. The van der Waals surface area contributed by atoms with Gasteiger partial charge in [-0.1, -0.05) is 50.2 Å². The number of hydrogen-bond donors (Lipinski definition) is 2. The summed E-state index contributed by atoms with van der Waals surface area (Å²) in [5.41, 5.74) is 5.74. The number of aromatic nitrogens is 3. The van der Waals surface area contributed by atoms with Gasteiger partial charge in [-0.15, -0.1) is 0 Å². The van der Waals surface area contributed by atoms with E-state index < -0.39 is 0 Å². The molecule has 26 heavy (non-hydrogen) atoms. The summed E-state index contributed by atoms with van der Waals surface area (Å²) in [6, 6.07) is 16.0. The molecular weight excluding hydrogens is 324 g/mol. The number of hydrogen-bond acceptors (Lipinski definition) is 4. The van der Waals surface area contributed by atoms with Crippen molar-refractivity contribution in [3.05, 3.63) is 60.3 Å². The number of benzene rings is 2. The fraction of sp³-hybridized carbons (Fsp3) is 0.238. The molecule has 0 saturated heterocycles. The Morgan fingerprint density at radius 3 is 2.58 bits per heavy atom. The third kappa shape index (κ3) is 2.91. The first-order valence-electron chi connectivity index (χ1n) is 8.87. The van der Waals surface area contributed by atoms with Crippen LogP contribution in [0.4, 0.5) is 5.82 Å². The van der Waals surface area contributed by atoms with Gasteiger partial charge in [0.2, 0.25) is 0 Å². The Kier molecular flexibility index (Phi) is 4.31. The van der Waals surface area contributed by atoms with E-state index in [2.05, 4.69) is 34.6 Å². The third-order valence-corrected chi connectivity index (χ3v) is 4.44. The van der Waals surface area contributed by atoms with Crippen LogP contribution in [0, 0.1) is 5.92 Å². The second kappa shape index (κ2) is 6.77. The van der Waals surface area contributed by atoms with Crippen LogP contribution in [-0.2, 0) is 6.61 Å². The average molecular weight is 346 g/mol. The number of anilines is 1. The van der Waals surface area contributed by atoms with Crippen LogP contribution in [0.1, 0.15) is 19.4 Å². The van der Waals surface area contributed by atoms with E-state index in [-0.39, 0.29) is 6.61 Å². The number of aliphatic hydroxyl groups excluding tert-OH is 1. The molecule has 0 aliphatic carbocycles. The van der Waals surface area contributed by atoms with E-state index in [0.717, 1.165) is 45.9 Å². The first-order chi connectivity index (χ1) is 12.7. The molecule has 0 aliphatic rings. The van der Waals surface area contributed by atoms with E-state index in [0.29, 0.717) is 5.92 Å². The van der Waals surface area contributed by atoms with Crippen molar-refractivity contribution in [3.63, 3.8) is 0 Å². The molecular formula is C21H22N4O. The lowest BCUT2D eigenvalue weighted by molar-refractivity contribution is 0.282. The summed E-state index contributed by atoms with van der Waals surface area (Å²) in [7, 11) is 0. The van der Waals surface area contributed by atoms with E-state index in [1.54, 1.807) is 0 Å². The van der Waals surface area contributed by atoms with Crippen LogP contribution in [0.15, 0.2) is 54.7 Å². The normalized spacial score (nSPS) is 11.5. The van der Waals surface area contributed by atoms with Crippen molar-refractivity contribution in [2.45, 2.75) is 20.5 Å². The first-order valence-corrected chi connectivity index (χ1v) is 8.87. The predicted octanol–water partition coefficient (Wildman–Crippen LogP) is 4.11. The summed E-state index contributed by atoms with van der Waals surface area (Å²) in [5.74, 6) is 1.32. The van der Waals surface area contributed by atoms with Crippen molar-refractivity contribution in [1.29, 1.82) is 0 Å². The summed E-state index contributed by atoms with van der Waals surface area (Å²) < 4.78 is 2.15. The summed E-state index contributed by atoms with van der Waals surface area (Å²) in [5, 5.41) is 12.7. The van der Waals surface area contributed by atoms with Gasteiger partial charge in [0.15, 0.2) is 11.5 Å². The molecule has 4 aromatic rings. The molecule has 0 fully saturated rings. The average Bonchev–Trinajstić information content (AvgIpc) is 3.11. The van der Waals surface area contributed by atoms with Gasteiger partial charge >= 0.3 is 0 Å². The van der Waals surface area contributed by atoms with Crippen molar-refractivity contribution in [2.24, 2.45) is 5.92 Å². The number of para-hydroxylation sites is 2. The highest BCUT2D eigenvalue weighted by Gasteiger charge is 2.14. The van der Waals surface area contributed by atoms with Crippen molar-refractivity contribution < 1.29 is 5.11 Å². The molecule has 0 unspecified atom stereocenters. The van der Waals surface area contributed by atoms with Crippen LogP contribution >= 0.6 is 0 Å². The second-order valence-electron chi connectivity index (χ2n) is 6.88. The molecule has 5 heteroatoms. The van der Waals surface area contributed by atoms with Crippen LogP contribution in [0.5, 0.6) is 0 Å². The molecule has 0 amide bonds. The highest BCUT2D eigenvalue weighted by Crippen LogP contribution is 2.28. The SMILES string of the molecule is CC(C)CNc1nc2ccccc2n2c(-c3ccc(CO)cc3)cnc12. The molecule has 0 saturated carbocycles. The van der Waals surface area contributed by atoms with E-state index in [1.165, 1.54) is 0 Å². The Bertz CT molecular complexity index is 1050. The number of imidazole rings is 1. The van der Waals surface area contributed by atoms with E-state index in [4.69, 9.17) is 4.98 Å². The Balaban J connectivity index is 1.94. The molecule has 2 aromatic carbocycles. The number of nitrogens with zero attached hydrogens (tertiary/aromatic N) is 3. The molecule has 2 N–H and O–H groups in total. The highest BCUT2D eigenvalue weighted by atomic mass is 16.3. The third-order valence-electron chi connectivity index (χ3n) is 4.44.